The van der Waals surface area contributed by atoms with Crippen LogP contribution in [0.4, 0.5) is 0 Å². The molecule has 1 aromatic rings. The number of hydrogen-bond donors (Lipinski definition) is 1. The topological polar surface area (TPSA) is 67.6 Å². The maximum absolute atomic E-state index is 14.6. The maximum Gasteiger partial charge on any atom is 0.251 e. The lowest BCUT2D eigenvalue weighted by Crippen LogP contribution is -2.68. The second-order valence-electron chi connectivity index (χ2n) is 15.7. The monoisotopic (exact) mass is 564 g/mol. The summed E-state index contributed by atoms with van der Waals surface area (Å²) in [7, 11) is 0. The molecule has 0 aromatic heterocycles. The summed E-state index contributed by atoms with van der Waals surface area (Å²) < 4.78 is 0. The number of hydrogen-bond acceptors (Lipinski definition) is 3. The van der Waals surface area contributed by atoms with Gasteiger partial charge in [-0.2, -0.15) is 0 Å². The number of allylic oxidation sites excluding steroid dienone is 4. The SMILES string of the molecule is [C-]#[N+]C1=C[C@]2(C)C3=CC(=O)[C]4[C]5CC(C)(C)CC[C@]5(NC(=O)c5ccccc5)CC[C@@]4(C)[C@]3(C)CC[C@H]2C(C)(C)C1=O. The molecule has 42 heavy (non-hydrogen) atoms. The van der Waals surface area contributed by atoms with Crippen molar-refractivity contribution < 1.29 is 14.4 Å². The average molecular weight is 565 g/mol. The van der Waals surface area contributed by atoms with Gasteiger partial charge >= 0.3 is 0 Å². The molecule has 2 radical (unpaired) electrons. The molecule has 5 aliphatic rings. The van der Waals surface area contributed by atoms with Gasteiger partial charge in [-0.05, 0) is 85.3 Å². The molecule has 5 nitrogen and oxygen atoms in total. The van der Waals surface area contributed by atoms with Crippen LogP contribution >= 0.6 is 0 Å². The number of rotatable bonds is 2. The summed E-state index contributed by atoms with van der Waals surface area (Å²) in [6.45, 7) is 23.1. The van der Waals surface area contributed by atoms with Gasteiger partial charge in [-0.15, -0.1) is 0 Å². The molecule has 220 valence electrons. The fraction of sp³-hybridized carbons (Fsp3) is 0.568. The van der Waals surface area contributed by atoms with Gasteiger partial charge in [-0.3, -0.25) is 9.59 Å². The molecule has 0 heterocycles. The van der Waals surface area contributed by atoms with Crippen LogP contribution < -0.4 is 5.32 Å². The van der Waals surface area contributed by atoms with Crippen LogP contribution in [-0.4, -0.2) is 23.0 Å². The summed E-state index contributed by atoms with van der Waals surface area (Å²) in [6.07, 6.45) is 9.69. The van der Waals surface area contributed by atoms with E-state index in [4.69, 9.17) is 6.57 Å². The van der Waals surface area contributed by atoms with Crippen LogP contribution in [-0.2, 0) is 9.59 Å². The largest absolute Gasteiger partial charge is 0.346 e. The minimum absolute atomic E-state index is 0.0226. The molecule has 3 fully saturated rings. The van der Waals surface area contributed by atoms with Gasteiger partial charge in [0.05, 0.1) is 12.5 Å². The summed E-state index contributed by atoms with van der Waals surface area (Å²) in [5.74, 6) is 1.94. The number of ketones is 2. The highest BCUT2D eigenvalue weighted by molar-refractivity contribution is 6.08. The fourth-order valence-corrected chi connectivity index (χ4v) is 9.97. The lowest BCUT2D eigenvalue weighted by atomic mass is 9.35. The van der Waals surface area contributed by atoms with Crippen LogP contribution in [0.5, 0.6) is 0 Å². The number of nitrogens with one attached hydrogen (secondary N) is 1. The first-order valence-electron chi connectivity index (χ1n) is 15.6. The van der Waals surface area contributed by atoms with E-state index in [1.165, 1.54) is 0 Å². The van der Waals surface area contributed by atoms with Gasteiger partial charge in [0, 0.05) is 27.9 Å². The van der Waals surface area contributed by atoms with Crippen molar-refractivity contribution in [3.05, 3.63) is 82.6 Å². The van der Waals surface area contributed by atoms with Crippen LogP contribution in [0.1, 0.15) is 104 Å². The van der Waals surface area contributed by atoms with Crippen molar-refractivity contribution in [2.24, 2.45) is 33.0 Å². The number of carbonyl (C=O) groups is 3. The quantitative estimate of drug-likeness (QED) is 0.375. The number of fused-ring (bicyclic) bond motifs is 7. The van der Waals surface area contributed by atoms with Gasteiger partial charge in [-0.25, -0.2) is 4.85 Å². The van der Waals surface area contributed by atoms with E-state index in [1.54, 1.807) is 0 Å². The summed E-state index contributed by atoms with van der Waals surface area (Å²) >= 11 is 0. The van der Waals surface area contributed by atoms with Crippen LogP contribution in [0, 0.1) is 51.4 Å². The molecule has 3 saturated carbocycles. The third kappa shape index (κ3) is 3.76. The molecule has 0 unspecified atom stereocenters. The zero-order chi connectivity index (χ0) is 30.5. The zero-order valence-corrected chi connectivity index (χ0v) is 26.2. The second-order valence-corrected chi connectivity index (χ2v) is 15.7. The van der Waals surface area contributed by atoms with Crippen molar-refractivity contribution in [2.75, 3.05) is 0 Å². The number of Topliss-reactive ketones (excluding diaryl/α,β-unsaturated/α-hetero) is 1. The highest BCUT2D eigenvalue weighted by atomic mass is 16.2. The van der Waals surface area contributed by atoms with Crippen molar-refractivity contribution in [3.8, 4) is 0 Å². The lowest BCUT2D eigenvalue weighted by Gasteiger charge is -2.69. The first kappa shape index (κ1) is 29.1. The molecule has 5 atom stereocenters. The standard InChI is InChI=1S/C37H44N2O3/c1-32(2)16-18-37(39-31(42)23-12-10-9-11-13-23)19-17-36(7)29(24(37)21-32)26(40)20-28-34(5)22-25(38-8)30(41)33(3,4)27(34)14-15-35(28,36)6/h9-13,20,22,27H,14-19,21H2,1-7H3,(H,39,42)/t27-,34-,35+,36+,37-/m0/s1. The van der Waals surface area contributed by atoms with Gasteiger partial charge in [0.2, 0.25) is 5.70 Å². The van der Waals surface area contributed by atoms with Crippen molar-refractivity contribution in [3.63, 3.8) is 0 Å². The second kappa shape index (κ2) is 9.01. The summed E-state index contributed by atoms with van der Waals surface area (Å²) in [5, 5.41) is 3.48. The van der Waals surface area contributed by atoms with Crippen molar-refractivity contribution in [1.29, 1.82) is 0 Å². The Hall–Kier alpha value is -3.00. The predicted molar refractivity (Wildman–Crippen MR) is 164 cm³/mol. The molecule has 0 spiro atoms. The molecule has 6 rings (SSSR count). The summed E-state index contributed by atoms with van der Waals surface area (Å²) in [6, 6.07) is 9.38. The molecular weight excluding hydrogens is 520 g/mol. The van der Waals surface area contributed by atoms with Crippen molar-refractivity contribution in [2.45, 2.75) is 99.0 Å². The normalized spacial score (nSPS) is 39.0. The zero-order valence-electron chi connectivity index (χ0n) is 26.2. The smallest absolute Gasteiger partial charge is 0.251 e. The van der Waals surface area contributed by atoms with Crippen LogP contribution in [0.2, 0.25) is 0 Å². The number of carbonyl (C=O) groups excluding carboxylic acids is 3. The lowest BCUT2D eigenvalue weighted by molar-refractivity contribution is -0.133. The van der Waals surface area contributed by atoms with Gasteiger partial charge < -0.3 is 10.1 Å². The molecule has 1 N–H and O–H groups in total. The van der Waals surface area contributed by atoms with Gasteiger partial charge in [0.1, 0.15) is 0 Å². The van der Waals surface area contributed by atoms with Crippen molar-refractivity contribution in [1.82, 2.24) is 5.32 Å². The van der Waals surface area contributed by atoms with Gasteiger partial charge in [-0.1, -0.05) is 78.3 Å². The fourth-order valence-electron chi connectivity index (χ4n) is 9.97. The van der Waals surface area contributed by atoms with E-state index in [-0.39, 0.29) is 39.9 Å². The Bertz CT molecular complexity index is 1480. The molecule has 5 aliphatic carbocycles. The molecule has 1 amide bonds. The van der Waals surface area contributed by atoms with Gasteiger partial charge in [0.25, 0.3) is 5.91 Å². The Morgan fingerprint density at radius 2 is 1.57 bits per heavy atom. The molecule has 0 saturated heterocycles. The van der Waals surface area contributed by atoms with E-state index in [0.717, 1.165) is 62.4 Å². The van der Waals surface area contributed by atoms with E-state index in [1.807, 2.05) is 56.3 Å². The van der Waals surface area contributed by atoms with Crippen LogP contribution in [0.15, 0.2) is 53.8 Å². The Morgan fingerprint density at radius 1 is 0.905 bits per heavy atom. The number of nitrogens with zero attached hydrogens (tertiary/aromatic N) is 1. The van der Waals surface area contributed by atoms with E-state index in [9.17, 15) is 14.4 Å². The Morgan fingerprint density at radius 3 is 2.24 bits per heavy atom. The van der Waals surface area contributed by atoms with Crippen LogP contribution in [0.3, 0.4) is 0 Å². The summed E-state index contributed by atoms with van der Waals surface area (Å²) in [4.78, 5) is 45.2. The average Bonchev–Trinajstić information content (AvgIpc) is 2.93. The van der Waals surface area contributed by atoms with Gasteiger partial charge in [0.15, 0.2) is 11.6 Å². The third-order valence-corrected chi connectivity index (χ3v) is 12.6. The molecular formula is C37H44N2O3. The Kier molecular flexibility index (Phi) is 6.24. The predicted octanol–water partition coefficient (Wildman–Crippen LogP) is 7.66. The highest BCUT2D eigenvalue weighted by Gasteiger charge is 2.70. The van der Waals surface area contributed by atoms with E-state index in [2.05, 4.69) is 44.8 Å². The molecule has 0 bridgehead atoms. The van der Waals surface area contributed by atoms with E-state index >= 15 is 0 Å². The minimum Gasteiger partial charge on any atom is -0.346 e. The van der Waals surface area contributed by atoms with Crippen molar-refractivity contribution >= 4 is 17.5 Å². The molecule has 5 heteroatoms. The van der Waals surface area contributed by atoms with Crippen LogP contribution in [0.25, 0.3) is 4.85 Å². The Labute approximate surface area is 251 Å². The van der Waals surface area contributed by atoms with E-state index < -0.39 is 21.8 Å². The Balaban J connectivity index is 1.47. The maximum atomic E-state index is 14.6. The third-order valence-electron chi connectivity index (χ3n) is 12.6. The number of amides is 1. The summed E-state index contributed by atoms with van der Waals surface area (Å²) in [5.41, 5.74) is -0.543. The first-order valence-corrected chi connectivity index (χ1v) is 15.6. The molecule has 0 aliphatic heterocycles. The first-order chi connectivity index (χ1) is 19.5. The van der Waals surface area contributed by atoms with E-state index in [0.29, 0.717) is 5.56 Å². The minimum atomic E-state index is -0.676. The highest BCUT2D eigenvalue weighted by Crippen LogP contribution is 2.74. The molecule has 1 aromatic carbocycles. The number of benzene rings is 1.